The number of nitrogens with zero attached hydrogens (tertiary/aromatic N) is 2. The molecule has 0 atom stereocenters. The van der Waals surface area contributed by atoms with Gasteiger partial charge in [0.25, 0.3) is 0 Å². The Bertz CT molecular complexity index is 901. The van der Waals surface area contributed by atoms with Crippen LogP contribution in [-0.4, -0.2) is 0 Å². The van der Waals surface area contributed by atoms with Crippen LogP contribution in [0.25, 0.3) is 0 Å². The fourth-order valence-corrected chi connectivity index (χ4v) is 2.38. The van der Waals surface area contributed by atoms with E-state index in [4.69, 9.17) is 0 Å². The lowest BCUT2D eigenvalue weighted by molar-refractivity contribution is -0.685. The van der Waals surface area contributed by atoms with Crippen LogP contribution in [0, 0.1) is 37.5 Å². The van der Waals surface area contributed by atoms with Crippen molar-refractivity contribution in [1.29, 1.82) is 0 Å². The van der Waals surface area contributed by atoms with E-state index in [0.717, 1.165) is 11.1 Å². The average Bonchev–Trinajstić information content (AvgIpc) is 2.66. The number of pyridine rings is 2. The van der Waals surface area contributed by atoms with Gasteiger partial charge in [0.1, 0.15) is 0 Å². The largest absolute Gasteiger partial charge is 1.00 e. The molecule has 142 valence electrons. The van der Waals surface area contributed by atoms with Crippen molar-refractivity contribution in [3.63, 3.8) is 0 Å². The molecule has 4 heteroatoms. The van der Waals surface area contributed by atoms with Gasteiger partial charge in [0.15, 0.2) is 24.8 Å². The molecule has 3 rings (SSSR count). The minimum atomic E-state index is 0. The van der Waals surface area contributed by atoms with Gasteiger partial charge in [0.2, 0.25) is 13.1 Å². The van der Waals surface area contributed by atoms with Gasteiger partial charge >= 0.3 is 0 Å². The number of benzene rings is 1. The number of hydrogen-bond donors (Lipinski definition) is 0. The van der Waals surface area contributed by atoms with Crippen molar-refractivity contribution in [2.24, 2.45) is 0 Å². The summed E-state index contributed by atoms with van der Waals surface area (Å²) in [4.78, 5) is 0. The zero-order valence-electron chi connectivity index (χ0n) is 16.0. The number of rotatable bonds is 2. The normalized spacial score (nSPS) is 8.93. The van der Waals surface area contributed by atoms with Crippen molar-refractivity contribution < 1.29 is 43.1 Å². The van der Waals surface area contributed by atoms with E-state index in [-0.39, 0.29) is 34.0 Å². The molecule has 2 heterocycles. The molecule has 0 aliphatic carbocycles. The Kier molecular flexibility index (Phi) is 10.2. The predicted octanol–water partition coefficient (Wildman–Crippen LogP) is -3.01. The van der Waals surface area contributed by atoms with Crippen LogP contribution in [0.4, 0.5) is 0 Å². The highest BCUT2D eigenvalue weighted by Gasteiger charge is 1.96. The zero-order chi connectivity index (χ0) is 18.2. The second kappa shape index (κ2) is 12.1. The molecule has 0 aliphatic heterocycles. The Balaban J connectivity index is 0.00000196. The molecule has 0 radical (unpaired) electrons. The molecule has 0 N–H and O–H groups in total. The molecule has 2 nitrogen and oxygen atoms in total. The molecular weight excluding hydrogens is 476 g/mol. The third kappa shape index (κ3) is 7.69. The van der Waals surface area contributed by atoms with Crippen LogP contribution < -0.4 is 43.1 Å². The van der Waals surface area contributed by atoms with Gasteiger partial charge in [-0.25, -0.2) is 0 Å². The summed E-state index contributed by atoms with van der Waals surface area (Å²) < 4.78 is 4.14. The van der Waals surface area contributed by atoms with Crippen molar-refractivity contribution in [1.82, 2.24) is 0 Å². The molecular formula is C24H22Br2N2. The lowest BCUT2D eigenvalue weighted by atomic mass is 10.1. The van der Waals surface area contributed by atoms with E-state index in [0.29, 0.717) is 13.1 Å². The number of halogens is 2. The second-order valence-electron chi connectivity index (χ2n) is 6.28. The standard InChI is InChI=1S/C24H22N2.2BrH/c1-21-11-17-25(18-12-21)15-3-5-23-7-9-24(10-8-23)6-4-16-26-19-13-22(2)14-20-26;;/h7-14,17-20H,15-16H2,1-2H3;2*1H/q+2;;/p-2. The van der Waals surface area contributed by atoms with Crippen molar-refractivity contribution in [2.75, 3.05) is 0 Å². The van der Waals surface area contributed by atoms with Crippen molar-refractivity contribution >= 4 is 0 Å². The van der Waals surface area contributed by atoms with Crippen LogP contribution in [0.2, 0.25) is 0 Å². The van der Waals surface area contributed by atoms with E-state index in [1.807, 2.05) is 24.3 Å². The number of aryl methyl sites for hydroxylation is 2. The third-order valence-electron chi connectivity index (χ3n) is 3.99. The summed E-state index contributed by atoms with van der Waals surface area (Å²) in [6.45, 7) is 5.55. The van der Waals surface area contributed by atoms with Gasteiger partial charge in [0, 0.05) is 35.4 Å². The van der Waals surface area contributed by atoms with Crippen LogP contribution in [0.1, 0.15) is 22.3 Å². The van der Waals surface area contributed by atoms with E-state index >= 15 is 0 Å². The average molecular weight is 498 g/mol. The minimum absolute atomic E-state index is 0. The highest BCUT2D eigenvalue weighted by atomic mass is 79.9. The molecule has 0 unspecified atom stereocenters. The minimum Gasteiger partial charge on any atom is -1.00 e. The molecule has 2 aromatic heterocycles. The Morgan fingerprint density at radius 2 is 0.893 bits per heavy atom. The molecule has 28 heavy (non-hydrogen) atoms. The Morgan fingerprint density at radius 3 is 1.21 bits per heavy atom. The Hall–Kier alpha value is -2.40. The molecule has 3 aromatic rings. The van der Waals surface area contributed by atoms with Crippen LogP contribution in [0.3, 0.4) is 0 Å². The Labute approximate surface area is 188 Å². The lowest BCUT2D eigenvalue weighted by Gasteiger charge is -1.93. The van der Waals surface area contributed by atoms with Crippen LogP contribution in [-0.2, 0) is 13.1 Å². The molecule has 0 bridgehead atoms. The molecule has 1 aromatic carbocycles. The maximum atomic E-state index is 3.20. The highest BCUT2D eigenvalue weighted by Crippen LogP contribution is 2.01. The Morgan fingerprint density at radius 1 is 0.571 bits per heavy atom. The summed E-state index contributed by atoms with van der Waals surface area (Å²) in [6, 6.07) is 16.4. The van der Waals surface area contributed by atoms with Gasteiger partial charge in [-0.05, 0) is 61.1 Å². The first-order valence-electron chi connectivity index (χ1n) is 8.68. The van der Waals surface area contributed by atoms with E-state index in [9.17, 15) is 0 Å². The SMILES string of the molecule is Cc1cc[n+](CC#Cc2ccc(C#CC[n+]3ccc(C)cc3)cc2)cc1.[Br-].[Br-]. The highest BCUT2D eigenvalue weighted by molar-refractivity contribution is 5.41. The summed E-state index contributed by atoms with van der Waals surface area (Å²) in [7, 11) is 0. The van der Waals surface area contributed by atoms with Gasteiger partial charge in [-0.1, -0.05) is 11.8 Å². The molecule has 0 saturated heterocycles. The quantitative estimate of drug-likeness (QED) is 0.263. The summed E-state index contributed by atoms with van der Waals surface area (Å²) in [5.41, 5.74) is 4.53. The van der Waals surface area contributed by atoms with Crippen LogP contribution in [0.15, 0.2) is 73.3 Å². The monoisotopic (exact) mass is 496 g/mol. The smallest absolute Gasteiger partial charge is 0.209 e. The first kappa shape index (κ1) is 23.6. The molecule has 0 spiro atoms. The van der Waals surface area contributed by atoms with Gasteiger partial charge in [-0.3, -0.25) is 0 Å². The van der Waals surface area contributed by atoms with E-state index in [2.05, 4.69) is 95.7 Å². The molecule has 0 amide bonds. The van der Waals surface area contributed by atoms with Gasteiger partial charge in [-0.2, -0.15) is 9.13 Å². The maximum absolute atomic E-state index is 3.20. The zero-order valence-corrected chi connectivity index (χ0v) is 19.2. The summed E-state index contributed by atoms with van der Waals surface area (Å²) >= 11 is 0. The van der Waals surface area contributed by atoms with E-state index in [1.54, 1.807) is 0 Å². The maximum Gasteiger partial charge on any atom is 0.209 e. The van der Waals surface area contributed by atoms with Gasteiger partial charge in [-0.15, -0.1) is 0 Å². The second-order valence-corrected chi connectivity index (χ2v) is 6.28. The fourth-order valence-electron chi connectivity index (χ4n) is 2.38. The lowest BCUT2D eigenvalue weighted by Crippen LogP contribution is -3.00. The van der Waals surface area contributed by atoms with E-state index < -0.39 is 0 Å². The van der Waals surface area contributed by atoms with Crippen molar-refractivity contribution in [3.05, 3.63) is 95.6 Å². The topological polar surface area (TPSA) is 7.76 Å². The third-order valence-corrected chi connectivity index (χ3v) is 3.99. The molecule has 0 fully saturated rings. The summed E-state index contributed by atoms with van der Waals surface area (Å²) in [6.07, 6.45) is 8.20. The van der Waals surface area contributed by atoms with E-state index in [1.165, 1.54) is 11.1 Å². The van der Waals surface area contributed by atoms with Crippen molar-refractivity contribution in [2.45, 2.75) is 26.9 Å². The summed E-state index contributed by atoms with van der Waals surface area (Å²) in [5.74, 6) is 12.8. The summed E-state index contributed by atoms with van der Waals surface area (Å²) in [5, 5.41) is 0. The molecule has 0 aliphatic rings. The predicted molar refractivity (Wildman–Crippen MR) is 103 cm³/mol. The van der Waals surface area contributed by atoms with Crippen LogP contribution in [0.5, 0.6) is 0 Å². The molecule has 0 saturated carbocycles. The number of hydrogen-bond acceptors (Lipinski definition) is 0. The first-order valence-corrected chi connectivity index (χ1v) is 8.68. The van der Waals surface area contributed by atoms with Crippen molar-refractivity contribution in [3.8, 4) is 23.7 Å². The van der Waals surface area contributed by atoms with Gasteiger partial charge < -0.3 is 34.0 Å². The van der Waals surface area contributed by atoms with Crippen LogP contribution >= 0.6 is 0 Å². The number of aromatic nitrogens is 2. The van der Waals surface area contributed by atoms with Gasteiger partial charge in [0.05, 0.1) is 0 Å². The fraction of sp³-hybridized carbons (Fsp3) is 0.167. The first-order chi connectivity index (χ1) is 12.7.